The minimum absolute atomic E-state index is 0.170. The first-order valence-corrected chi connectivity index (χ1v) is 13.1. The third-order valence-corrected chi connectivity index (χ3v) is 7.98. The second-order valence-corrected chi connectivity index (χ2v) is 10.7. The molecule has 4 aromatic carbocycles. The van der Waals surface area contributed by atoms with E-state index in [1.54, 1.807) is 78.9 Å². The standard InChI is InChI=1S/C27H17Cl3N2O3S/c28-18-5-3-4-16(12-18)15-32-23-13-17(26(33)31-22-14-19(29)9-10-21(22)30)8-11-25(23)36(35)24-7-2-1-6-20(24)27(32)34/h1-14H,15H2,(H,31,33)/t36-/m0/s1. The average Bonchev–Trinajstić information content (AvgIpc) is 2.95. The second kappa shape index (κ2) is 10.1. The van der Waals surface area contributed by atoms with Gasteiger partial charge in [-0.05, 0) is 66.2 Å². The van der Waals surface area contributed by atoms with Gasteiger partial charge in [0.15, 0.2) is 0 Å². The number of nitrogens with zero attached hydrogens (tertiary/aromatic N) is 1. The normalized spacial score (nSPS) is 14.6. The summed E-state index contributed by atoms with van der Waals surface area (Å²) in [5.41, 5.74) is 2.11. The zero-order valence-electron chi connectivity index (χ0n) is 18.5. The third kappa shape index (κ3) is 4.77. The molecule has 1 aliphatic rings. The molecule has 0 aromatic heterocycles. The lowest BCUT2D eigenvalue weighted by Gasteiger charge is -2.24. The topological polar surface area (TPSA) is 66.5 Å². The zero-order chi connectivity index (χ0) is 25.4. The van der Waals surface area contributed by atoms with Gasteiger partial charge in [0.2, 0.25) is 0 Å². The first-order chi connectivity index (χ1) is 17.3. The molecule has 36 heavy (non-hydrogen) atoms. The van der Waals surface area contributed by atoms with Crippen LogP contribution in [0.2, 0.25) is 15.1 Å². The van der Waals surface area contributed by atoms with Gasteiger partial charge in [0.25, 0.3) is 11.8 Å². The lowest BCUT2D eigenvalue weighted by atomic mass is 10.1. The Morgan fingerprint density at radius 3 is 2.42 bits per heavy atom. The van der Waals surface area contributed by atoms with Gasteiger partial charge in [-0.25, -0.2) is 4.21 Å². The van der Waals surface area contributed by atoms with Crippen molar-refractivity contribution in [3.63, 3.8) is 0 Å². The highest BCUT2D eigenvalue weighted by Gasteiger charge is 2.31. The van der Waals surface area contributed by atoms with Crippen LogP contribution in [0.5, 0.6) is 0 Å². The molecular formula is C27H17Cl3N2O3S. The molecule has 4 aromatic rings. The number of amides is 2. The number of fused-ring (bicyclic) bond motifs is 2. The predicted octanol–water partition coefficient (Wildman–Crippen LogP) is 7.23. The fraction of sp³-hybridized carbons (Fsp3) is 0.0370. The van der Waals surface area contributed by atoms with Crippen molar-refractivity contribution in [3.8, 4) is 0 Å². The molecule has 1 atom stereocenters. The summed E-state index contributed by atoms with van der Waals surface area (Å²) in [5.74, 6) is -0.780. The lowest BCUT2D eigenvalue weighted by Crippen LogP contribution is -2.30. The number of anilines is 2. The molecule has 0 saturated heterocycles. The maximum Gasteiger partial charge on any atom is 0.259 e. The Bertz CT molecular complexity index is 1560. The van der Waals surface area contributed by atoms with Crippen molar-refractivity contribution in [2.75, 3.05) is 10.2 Å². The molecule has 180 valence electrons. The van der Waals surface area contributed by atoms with Crippen molar-refractivity contribution >= 4 is 68.8 Å². The minimum Gasteiger partial charge on any atom is -0.321 e. The van der Waals surface area contributed by atoms with Crippen LogP contribution in [-0.2, 0) is 17.3 Å². The highest BCUT2D eigenvalue weighted by Crippen LogP contribution is 2.36. The number of benzene rings is 4. The molecule has 1 aliphatic heterocycles. The summed E-state index contributed by atoms with van der Waals surface area (Å²) in [6.07, 6.45) is 0. The summed E-state index contributed by atoms with van der Waals surface area (Å²) in [7, 11) is -1.64. The Hall–Kier alpha value is -3.16. The number of carbonyl (C=O) groups is 2. The number of nitrogens with one attached hydrogen (secondary N) is 1. The SMILES string of the molecule is O=C(Nc1cc(Cl)ccc1Cl)c1ccc2c(c1)N(Cc1cccc(Cl)c1)C(=O)c1ccccc1[S@@]2=O. The van der Waals surface area contributed by atoms with Crippen LogP contribution < -0.4 is 10.2 Å². The Kier molecular flexibility index (Phi) is 6.86. The van der Waals surface area contributed by atoms with E-state index in [0.29, 0.717) is 41.8 Å². The van der Waals surface area contributed by atoms with Crippen molar-refractivity contribution in [2.45, 2.75) is 16.3 Å². The summed E-state index contributed by atoms with van der Waals surface area (Å²) in [6.45, 7) is 0.170. The van der Waals surface area contributed by atoms with Gasteiger partial charge < -0.3 is 10.2 Å². The third-order valence-electron chi connectivity index (χ3n) is 5.68. The first-order valence-electron chi connectivity index (χ1n) is 10.8. The molecule has 1 N–H and O–H groups in total. The summed E-state index contributed by atoms with van der Waals surface area (Å²) < 4.78 is 13.6. The van der Waals surface area contributed by atoms with Gasteiger partial charge in [0, 0.05) is 15.6 Å². The second-order valence-electron chi connectivity index (χ2n) is 8.05. The van der Waals surface area contributed by atoms with E-state index in [9.17, 15) is 13.8 Å². The maximum atomic E-state index is 13.7. The van der Waals surface area contributed by atoms with Crippen LogP contribution in [0.1, 0.15) is 26.3 Å². The molecule has 5 nitrogen and oxygen atoms in total. The molecule has 0 saturated carbocycles. The average molecular weight is 556 g/mol. The Morgan fingerprint density at radius 1 is 0.833 bits per heavy atom. The Labute approximate surface area is 225 Å². The molecule has 0 fully saturated rings. The van der Waals surface area contributed by atoms with E-state index in [1.165, 1.54) is 4.90 Å². The van der Waals surface area contributed by atoms with Crippen LogP contribution in [0.25, 0.3) is 0 Å². The first kappa shape index (κ1) is 24.5. The van der Waals surface area contributed by atoms with Gasteiger partial charge in [0.1, 0.15) is 0 Å². The minimum atomic E-state index is -1.64. The smallest absolute Gasteiger partial charge is 0.259 e. The number of rotatable bonds is 4. The van der Waals surface area contributed by atoms with E-state index >= 15 is 0 Å². The summed E-state index contributed by atoms with van der Waals surface area (Å²) in [4.78, 5) is 29.2. The number of hydrogen-bond donors (Lipinski definition) is 1. The molecule has 0 bridgehead atoms. The van der Waals surface area contributed by atoms with E-state index in [-0.39, 0.29) is 18.0 Å². The fourth-order valence-corrected chi connectivity index (χ4v) is 5.86. The molecule has 0 aliphatic carbocycles. The van der Waals surface area contributed by atoms with Crippen LogP contribution in [0.15, 0.2) is 94.7 Å². The largest absolute Gasteiger partial charge is 0.321 e. The van der Waals surface area contributed by atoms with Crippen LogP contribution in [0.4, 0.5) is 11.4 Å². The molecular weight excluding hydrogens is 539 g/mol. The van der Waals surface area contributed by atoms with Gasteiger partial charge in [0.05, 0.1) is 49.1 Å². The molecule has 9 heteroatoms. The van der Waals surface area contributed by atoms with Crippen LogP contribution in [0.3, 0.4) is 0 Å². The quantitative estimate of drug-likeness (QED) is 0.289. The molecule has 5 rings (SSSR count). The Balaban J connectivity index is 1.60. The van der Waals surface area contributed by atoms with E-state index in [0.717, 1.165) is 5.56 Å². The van der Waals surface area contributed by atoms with E-state index in [2.05, 4.69) is 5.32 Å². The number of hydrogen-bond acceptors (Lipinski definition) is 3. The molecule has 2 amide bonds. The van der Waals surface area contributed by atoms with Gasteiger partial charge in [-0.2, -0.15) is 0 Å². The van der Waals surface area contributed by atoms with Crippen LogP contribution in [-0.4, -0.2) is 16.0 Å². The number of carbonyl (C=O) groups excluding carboxylic acids is 2. The van der Waals surface area contributed by atoms with E-state index < -0.39 is 16.7 Å². The highest BCUT2D eigenvalue weighted by atomic mass is 35.5. The number of halogens is 3. The predicted molar refractivity (Wildman–Crippen MR) is 144 cm³/mol. The molecule has 0 radical (unpaired) electrons. The van der Waals surface area contributed by atoms with Crippen molar-refractivity contribution in [1.29, 1.82) is 0 Å². The van der Waals surface area contributed by atoms with Gasteiger partial charge >= 0.3 is 0 Å². The van der Waals surface area contributed by atoms with Gasteiger partial charge in [-0.1, -0.05) is 59.1 Å². The van der Waals surface area contributed by atoms with Crippen LogP contribution in [0, 0.1) is 0 Å². The Morgan fingerprint density at radius 2 is 1.61 bits per heavy atom. The van der Waals surface area contributed by atoms with Crippen molar-refractivity contribution in [2.24, 2.45) is 0 Å². The van der Waals surface area contributed by atoms with Gasteiger partial charge in [-0.15, -0.1) is 0 Å². The highest BCUT2D eigenvalue weighted by molar-refractivity contribution is 7.85. The van der Waals surface area contributed by atoms with Gasteiger partial charge in [-0.3, -0.25) is 9.59 Å². The molecule has 0 unspecified atom stereocenters. The monoisotopic (exact) mass is 554 g/mol. The summed E-state index contributed by atoms with van der Waals surface area (Å²) in [5, 5.41) is 4.03. The zero-order valence-corrected chi connectivity index (χ0v) is 21.6. The van der Waals surface area contributed by atoms with Crippen molar-refractivity contribution < 1.29 is 13.8 Å². The van der Waals surface area contributed by atoms with E-state index in [4.69, 9.17) is 34.8 Å². The van der Waals surface area contributed by atoms with Crippen molar-refractivity contribution in [1.82, 2.24) is 0 Å². The summed E-state index contributed by atoms with van der Waals surface area (Å²) in [6, 6.07) is 23.5. The maximum absolute atomic E-state index is 13.7. The molecule has 0 spiro atoms. The fourth-order valence-electron chi connectivity index (χ4n) is 3.97. The summed E-state index contributed by atoms with van der Waals surface area (Å²) >= 11 is 18.4. The van der Waals surface area contributed by atoms with E-state index in [1.807, 2.05) is 6.07 Å². The molecule has 1 heterocycles. The van der Waals surface area contributed by atoms with Crippen molar-refractivity contribution in [3.05, 3.63) is 117 Å². The lowest BCUT2D eigenvalue weighted by molar-refractivity contribution is 0.0979. The van der Waals surface area contributed by atoms with Crippen LogP contribution >= 0.6 is 34.8 Å².